The van der Waals surface area contributed by atoms with Gasteiger partial charge in [0.15, 0.2) is 0 Å². The van der Waals surface area contributed by atoms with Gasteiger partial charge in [0.2, 0.25) is 5.88 Å². The average molecular weight is 309 g/mol. The summed E-state index contributed by atoms with van der Waals surface area (Å²) in [5.74, 6) is -0.642. The Morgan fingerprint density at radius 1 is 1.45 bits per heavy atom. The van der Waals surface area contributed by atoms with Crippen LogP contribution in [-0.2, 0) is 11.0 Å². The van der Waals surface area contributed by atoms with Gasteiger partial charge >= 0.3 is 6.18 Å². The van der Waals surface area contributed by atoms with Crippen LogP contribution in [0.25, 0.3) is 0 Å². The number of rotatable bonds is 2. The van der Waals surface area contributed by atoms with Gasteiger partial charge in [0.1, 0.15) is 16.3 Å². The molecule has 0 aliphatic carbocycles. The molecule has 1 aliphatic heterocycles. The molecule has 0 spiro atoms. The standard InChI is InChI=1S/C11H14F3N3O2S/c1-5(20-6-4-10(2,3)19-17-6)7-8(11(12,13)14)15-16-9(7)18/h5H,4H2,1-3H3,(H2,15,16,18). The third-order valence-corrected chi connectivity index (χ3v) is 3.84. The summed E-state index contributed by atoms with van der Waals surface area (Å²) in [7, 11) is 0. The molecule has 1 atom stereocenters. The minimum absolute atomic E-state index is 0.269. The first-order chi connectivity index (χ1) is 9.10. The third-order valence-electron chi connectivity index (χ3n) is 2.76. The molecule has 0 saturated carbocycles. The monoisotopic (exact) mass is 309 g/mol. The van der Waals surface area contributed by atoms with E-state index in [4.69, 9.17) is 4.84 Å². The van der Waals surface area contributed by atoms with E-state index in [1.54, 1.807) is 6.92 Å². The Hall–Kier alpha value is -1.38. The number of H-pyrrole nitrogens is 1. The number of hydrogen-bond acceptors (Lipinski definition) is 5. The molecular formula is C11H14F3N3O2S. The largest absolute Gasteiger partial charge is 0.492 e. The Bertz CT molecular complexity index is 540. The minimum atomic E-state index is -4.59. The summed E-state index contributed by atoms with van der Waals surface area (Å²) in [4.78, 5) is 5.16. The molecule has 1 aromatic rings. The van der Waals surface area contributed by atoms with Crippen LogP contribution in [0.4, 0.5) is 13.2 Å². The van der Waals surface area contributed by atoms with Gasteiger partial charge < -0.3 is 9.94 Å². The van der Waals surface area contributed by atoms with Crippen molar-refractivity contribution >= 4 is 16.8 Å². The lowest BCUT2D eigenvalue weighted by atomic mass is 10.1. The van der Waals surface area contributed by atoms with Crippen LogP contribution < -0.4 is 0 Å². The van der Waals surface area contributed by atoms with E-state index in [-0.39, 0.29) is 5.56 Å². The quantitative estimate of drug-likeness (QED) is 0.878. The van der Waals surface area contributed by atoms with Gasteiger partial charge in [-0.3, -0.25) is 5.10 Å². The SMILES string of the molecule is CC(SC1=NOC(C)(C)C1)c1c(O)n[nH]c1C(F)(F)F. The molecule has 2 heterocycles. The molecule has 0 saturated heterocycles. The van der Waals surface area contributed by atoms with Crippen LogP contribution in [0.1, 0.15) is 43.7 Å². The number of nitrogens with one attached hydrogen (secondary N) is 1. The smallest absolute Gasteiger partial charge is 0.433 e. The summed E-state index contributed by atoms with van der Waals surface area (Å²) >= 11 is 1.12. The van der Waals surface area contributed by atoms with E-state index in [2.05, 4.69) is 10.3 Å². The number of aromatic hydroxyl groups is 1. The van der Waals surface area contributed by atoms with Crippen LogP contribution in [0, 0.1) is 0 Å². The number of aromatic nitrogens is 2. The van der Waals surface area contributed by atoms with E-state index in [1.165, 1.54) is 0 Å². The molecule has 112 valence electrons. The van der Waals surface area contributed by atoms with Gasteiger partial charge in [0.05, 0.1) is 5.56 Å². The second-order valence-corrected chi connectivity index (χ2v) is 6.52. The molecule has 0 radical (unpaired) electrons. The van der Waals surface area contributed by atoms with Gasteiger partial charge in [-0.1, -0.05) is 16.9 Å². The number of halogens is 3. The Morgan fingerprint density at radius 3 is 2.60 bits per heavy atom. The van der Waals surface area contributed by atoms with Gasteiger partial charge in [-0.05, 0) is 20.8 Å². The summed E-state index contributed by atoms with van der Waals surface area (Å²) in [5, 5.41) is 18.4. The minimum Gasteiger partial charge on any atom is -0.492 e. The van der Waals surface area contributed by atoms with Crippen molar-refractivity contribution in [3.05, 3.63) is 11.3 Å². The van der Waals surface area contributed by atoms with Crippen molar-refractivity contribution in [1.29, 1.82) is 0 Å². The topological polar surface area (TPSA) is 70.5 Å². The zero-order valence-electron chi connectivity index (χ0n) is 11.1. The molecule has 2 rings (SSSR count). The molecule has 2 N–H and O–H groups in total. The first-order valence-corrected chi connectivity index (χ1v) is 6.74. The molecule has 1 aliphatic rings. The number of thioether (sulfide) groups is 1. The van der Waals surface area contributed by atoms with Crippen LogP contribution in [0.15, 0.2) is 5.16 Å². The van der Waals surface area contributed by atoms with Crippen molar-refractivity contribution in [3.8, 4) is 5.88 Å². The fourth-order valence-corrected chi connectivity index (χ4v) is 3.13. The number of aromatic amines is 1. The van der Waals surface area contributed by atoms with Crippen molar-refractivity contribution in [2.45, 2.75) is 44.2 Å². The zero-order valence-corrected chi connectivity index (χ0v) is 11.9. The predicted octanol–water partition coefficient (Wildman–Crippen LogP) is 3.44. The zero-order chi connectivity index (χ0) is 15.1. The highest BCUT2D eigenvalue weighted by molar-refractivity contribution is 8.14. The summed E-state index contributed by atoms with van der Waals surface area (Å²) in [6.45, 7) is 5.23. The van der Waals surface area contributed by atoms with Crippen molar-refractivity contribution in [2.24, 2.45) is 5.16 Å². The normalized spacial score (nSPS) is 19.6. The maximum atomic E-state index is 12.8. The first kappa shape index (κ1) is 15.0. The summed E-state index contributed by atoms with van der Waals surface area (Å²) in [5.41, 5.74) is -1.75. The van der Waals surface area contributed by atoms with Gasteiger partial charge in [0.25, 0.3) is 0 Å². The number of alkyl halides is 3. The van der Waals surface area contributed by atoms with Crippen LogP contribution in [0.5, 0.6) is 5.88 Å². The fourth-order valence-electron chi connectivity index (χ4n) is 1.87. The maximum Gasteiger partial charge on any atom is 0.433 e. The van der Waals surface area contributed by atoms with E-state index >= 15 is 0 Å². The van der Waals surface area contributed by atoms with E-state index in [9.17, 15) is 18.3 Å². The lowest BCUT2D eigenvalue weighted by molar-refractivity contribution is -0.141. The van der Waals surface area contributed by atoms with Gasteiger partial charge in [-0.2, -0.15) is 13.2 Å². The maximum absolute atomic E-state index is 12.8. The summed E-state index contributed by atoms with van der Waals surface area (Å²) in [6, 6.07) is 0. The molecule has 9 heteroatoms. The molecule has 0 amide bonds. The van der Waals surface area contributed by atoms with Gasteiger partial charge in [-0.15, -0.1) is 5.10 Å². The second-order valence-electron chi connectivity index (χ2n) is 5.11. The molecule has 0 aromatic carbocycles. The highest BCUT2D eigenvalue weighted by Gasteiger charge is 2.40. The average Bonchev–Trinajstić information content (AvgIpc) is 2.81. The van der Waals surface area contributed by atoms with Crippen molar-refractivity contribution in [1.82, 2.24) is 10.2 Å². The van der Waals surface area contributed by atoms with E-state index in [0.29, 0.717) is 11.5 Å². The first-order valence-electron chi connectivity index (χ1n) is 5.86. The van der Waals surface area contributed by atoms with Crippen molar-refractivity contribution in [2.75, 3.05) is 0 Å². The van der Waals surface area contributed by atoms with Gasteiger partial charge in [0, 0.05) is 11.7 Å². The van der Waals surface area contributed by atoms with E-state index < -0.39 is 28.6 Å². The number of nitrogens with zero attached hydrogens (tertiary/aromatic N) is 2. The molecular weight excluding hydrogens is 295 g/mol. The Balaban J connectivity index is 2.18. The summed E-state index contributed by atoms with van der Waals surface area (Å²) in [6.07, 6.45) is -4.08. The Morgan fingerprint density at radius 2 is 2.10 bits per heavy atom. The van der Waals surface area contributed by atoms with Crippen LogP contribution >= 0.6 is 11.8 Å². The van der Waals surface area contributed by atoms with E-state index in [1.807, 2.05) is 18.9 Å². The second kappa shape index (κ2) is 4.87. The number of oxime groups is 1. The highest BCUT2D eigenvalue weighted by Crippen LogP contribution is 2.43. The molecule has 1 unspecified atom stereocenters. The van der Waals surface area contributed by atoms with Crippen LogP contribution in [0.2, 0.25) is 0 Å². The Labute approximate surface area is 117 Å². The van der Waals surface area contributed by atoms with Gasteiger partial charge in [-0.25, -0.2) is 0 Å². The molecule has 1 aromatic heterocycles. The lowest BCUT2D eigenvalue weighted by Gasteiger charge is -2.15. The molecule has 0 bridgehead atoms. The van der Waals surface area contributed by atoms with Crippen molar-refractivity contribution < 1.29 is 23.1 Å². The molecule has 20 heavy (non-hydrogen) atoms. The van der Waals surface area contributed by atoms with Crippen molar-refractivity contribution in [3.63, 3.8) is 0 Å². The lowest BCUT2D eigenvalue weighted by Crippen LogP contribution is -2.18. The molecule has 0 fully saturated rings. The van der Waals surface area contributed by atoms with Crippen LogP contribution in [-0.4, -0.2) is 25.9 Å². The third kappa shape index (κ3) is 3.02. The predicted molar refractivity (Wildman–Crippen MR) is 68.5 cm³/mol. The van der Waals surface area contributed by atoms with Crippen LogP contribution in [0.3, 0.4) is 0 Å². The highest BCUT2D eigenvalue weighted by atomic mass is 32.2. The van der Waals surface area contributed by atoms with E-state index in [0.717, 1.165) is 11.8 Å². The molecule has 5 nitrogen and oxygen atoms in total. The summed E-state index contributed by atoms with van der Waals surface area (Å²) < 4.78 is 38.4. The number of hydrogen-bond donors (Lipinski definition) is 2. The Kier molecular flexibility index (Phi) is 3.66. The fraction of sp³-hybridized carbons (Fsp3) is 0.636.